The van der Waals surface area contributed by atoms with Gasteiger partial charge in [-0.05, 0) is 61.9 Å². The molecule has 1 unspecified atom stereocenters. The van der Waals surface area contributed by atoms with Crippen molar-refractivity contribution in [3.8, 4) is 11.5 Å². The number of amides is 2. The summed E-state index contributed by atoms with van der Waals surface area (Å²) in [5.41, 5.74) is 6.39. The van der Waals surface area contributed by atoms with Crippen molar-refractivity contribution in [3.05, 3.63) is 54.1 Å². The fourth-order valence-corrected chi connectivity index (χ4v) is 2.78. The Morgan fingerprint density at radius 3 is 2.54 bits per heavy atom. The van der Waals surface area contributed by atoms with Gasteiger partial charge < -0.3 is 21.1 Å². The van der Waals surface area contributed by atoms with E-state index in [1.807, 2.05) is 0 Å². The van der Waals surface area contributed by atoms with Gasteiger partial charge in [-0.25, -0.2) is 0 Å². The largest absolute Gasteiger partial charge is 0.457 e. The molecule has 2 aromatic rings. The SMILES string of the molecule is Cl.NC(=O)c1cccc(Oc2ccc(NC(=O)C3CCCNC3)cc2)c1. The van der Waals surface area contributed by atoms with Gasteiger partial charge in [0.05, 0.1) is 5.92 Å². The highest BCUT2D eigenvalue weighted by Gasteiger charge is 2.20. The van der Waals surface area contributed by atoms with Gasteiger partial charge in [0.2, 0.25) is 11.8 Å². The average Bonchev–Trinajstić information content (AvgIpc) is 2.64. The topological polar surface area (TPSA) is 93.5 Å². The van der Waals surface area contributed by atoms with Crippen LogP contribution in [0.25, 0.3) is 0 Å². The number of benzene rings is 2. The number of nitrogens with one attached hydrogen (secondary N) is 2. The van der Waals surface area contributed by atoms with Crippen LogP contribution in [0.4, 0.5) is 5.69 Å². The van der Waals surface area contributed by atoms with Crippen LogP contribution in [0.2, 0.25) is 0 Å². The Labute approximate surface area is 158 Å². The first kappa shape index (κ1) is 19.8. The number of nitrogens with two attached hydrogens (primary N) is 1. The summed E-state index contributed by atoms with van der Waals surface area (Å²) in [6.45, 7) is 1.70. The normalized spacial score (nSPS) is 16.2. The summed E-state index contributed by atoms with van der Waals surface area (Å²) in [6.07, 6.45) is 1.94. The summed E-state index contributed by atoms with van der Waals surface area (Å²) in [6, 6.07) is 13.8. The predicted octanol–water partition coefficient (Wildman–Crippen LogP) is 2.94. The van der Waals surface area contributed by atoms with Crippen LogP contribution in [0.1, 0.15) is 23.2 Å². The van der Waals surface area contributed by atoms with Crippen LogP contribution in [0.3, 0.4) is 0 Å². The zero-order chi connectivity index (χ0) is 17.6. The van der Waals surface area contributed by atoms with Crippen molar-refractivity contribution in [2.24, 2.45) is 11.7 Å². The molecule has 0 aromatic heterocycles. The molecule has 1 aliphatic rings. The van der Waals surface area contributed by atoms with Crippen molar-refractivity contribution in [2.75, 3.05) is 18.4 Å². The van der Waals surface area contributed by atoms with Gasteiger partial charge >= 0.3 is 0 Å². The highest BCUT2D eigenvalue weighted by molar-refractivity contribution is 5.93. The molecule has 0 radical (unpaired) electrons. The first-order chi connectivity index (χ1) is 12.1. The van der Waals surface area contributed by atoms with Crippen LogP contribution in [-0.4, -0.2) is 24.9 Å². The summed E-state index contributed by atoms with van der Waals surface area (Å²) in [7, 11) is 0. The smallest absolute Gasteiger partial charge is 0.248 e. The first-order valence-corrected chi connectivity index (χ1v) is 8.31. The number of halogens is 1. The number of carbonyl (C=O) groups is 2. The zero-order valence-electron chi connectivity index (χ0n) is 14.2. The van der Waals surface area contributed by atoms with Crippen LogP contribution in [-0.2, 0) is 4.79 Å². The molecule has 26 heavy (non-hydrogen) atoms. The lowest BCUT2D eigenvalue weighted by Crippen LogP contribution is -2.37. The van der Waals surface area contributed by atoms with Gasteiger partial charge in [0.25, 0.3) is 0 Å². The van der Waals surface area contributed by atoms with Crippen molar-refractivity contribution in [1.82, 2.24) is 5.32 Å². The second-order valence-electron chi connectivity index (χ2n) is 6.05. The van der Waals surface area contributed by atoms with Crippen molar-refractivity contribution >= 4 is 29.9 Å². The summed E-state index contributed by atoms with van der Waals surface area (Å²) >= 11 is 0. The van der Waals surface area contributed by atoms with E-state index >= 15 is 0 Å². The molecule has 0 aliphatic carbocycles. The molecule has 1 aliphatic heterocycles. The van der Waals surface area contributed by atoms with Crippen molar-refractivity contribution < 1.29 is 14.3 Å². The number of hydrogen-bond acceptors (Lipinski definition) is 4. The monoisotopic (exact) mass is 375 g/mol. The molecule has 138 valence electrons. The predicted molar refractivity (Wildman–Crippen MR) is 103 cm³/mol. The summed E-state index contributed by atoms with van der Waals surface area (Å²) in [5.74, 6) is 0.692. The maximum Gasteiger partial charge on any atom is 0.248 e. The van der Waals surface area contributed by atoms with Crippen molar-refractivity contribution in [2.45, 2.75) is 12.8 Å². The van der Waals surface area contributed by atoms with Gasteiger partial charge in [-0.15, -0.1) is 12.4 Å². The van der Waals surface area contributed by atoms with Crippen LogP contribution in [0, 0.1) is 5.92 Å². The standard InChI is InChI=1S/C19H21N3O3.ClH/c20-18(23)13-3-1-5-17(11-13)25-16-8-6-15(7-9-16)22-19(24)14-4-2-10-21-12-14;/h1,3,5-9,11,14,21H,2,4,10,12H2,(H2,20,23)(H,22,24);1H. The molecule has 1 atom stereocenters. The van der Waals surface area contributed by atoms with Gasteiger partial charge in [0, 0.05) is 17.8 Å². The number of piperidine rings is 1. The zero-order valence-corrected chi connectivity index (χ0v) is 15.1. The maximum absolute atomic E-state index is 12.2. The minimum Gasteiger partial charge on any atom is -0.457 e. The van der Waals surface area contributed by atoms with Gasteiger partial charge in [-0.3, -0.25) is 9.59 Å². The Bertz CT molecular complexity index is 759. The van der Waals surface area contributed by atoms with E-state index in [0.717, 1.165) is 31.6 Å². The Balaban J connectivity index is 0.00000243. The fourth-order valence-electron chi connectivity index (χ4n) is 2.78. The van der Waals surface area contributed by atoms with E-state index in [2.05, 4.69) is 10.6 Å². The lowest BCUT2D eigenvalue weighted by molar-refractivity contribution is -0.120. The molecular weight excluding hydrogens is 354 g/mol. The molecule has 1 heterocycles. The Hall–Kier alpha value is -2.57. The van der Waals surface area contributed by atoms with Gasteiger partial charge in [0.1, 0.15) is 11.5 Å². The molecule has 2 amide bonds. The fraction of sp³-hybridized carbons (Fsp3) is 0.263. The third kappa shape index (κ3) is 5.21. The molecule has 4 N–H and O–H groups in total. The van der Waals surface area contributed by atoms with E-state index in [0.29, 0.717) is 17.1 Å². The van der Waals surface area contributed by atoms with Gasteiger partial charge in [0.15, 0.2) is 0 Å². The van der Waals surface area contributed by atoms with Crippen LogP contribution < -0.4 is 21.1 Å². The molecule has 0 bridgehead atoms. The molecule has 7 heteroatoms. The Morgan fingerprint density at radius 2 is 1.88 bits per heavy atom. The number of rotatable bonds is 5. The highest BCUT2D eigenvalue weighted by atomic mass is 35.5. The van der Waals surface area contributed by atoms with Crippen molar-refractivity contribution in [3.63, 3.8) is 0 Å². The van der Waals surface area contributed by atoms with E-state index in [1.165, 1.54) is 0 Å². The van der Waals surface area contributed by atoms with E-state index in [1.54, 1.807) is 48.5 Å². The lowest BCUT2D eigenvalue weighted by Gasteiger charge is -2.21. The first-order valence-electron chi connectivity index (χ1n) is 8.31. The third-order valence-corrected chi connectivity index (χ3v) is 4.14. The second-order valence-corrected chi connectivity index (χ2v) is 6.05. The minimum atomic E-state index is -0.499. The molecule has 0 spiro atoms. The van der Waals surface area contributed by atoms with Gasteiger partial charge in [-0.1, -0.05) is 6.07 Å². The summed E-state index contributed by atoms with van der Waals surface area (Å²) in [5, 5.41) is 6.17. The molecule has 0 saturated carbocycles. The van der Waals surface area contributed by atoms with E-state index in [-0.39, 0.29) is 24.2 Å². The van der Waals surface area contributed by atoms with E-state index in [9.17, 15) is 9.59 Å². The summed E-state index contributed by atoms with van der Waals surface area (Å²) in [4.78, 5) is 23.4. The highest BCUT2D eigenvalue weighted by Crippen LogP contribution is 2.24. The Kier molecular flexibility index (Phi) is 7.00. The Morgan fingerprint density at radius 1 is 1.12 bits per heavy atom. The molecule has 2 aromatic carbocycles. The third-order valence-electron chi connectivity index (χ3n) is 4.14. The average molecular weight is 376 g/mol. The molecule has 3 rings (SSSR count). The molecule has 1 saturated heterocycles. The van der Waals surface area contributed by atoms with Crippen molar-refractivity contribution in [1.29, 1.82) is 0 Å². The molecule has 1 fully saturated rings. The van der Waals surface area contributed by atoms with Crippen LogP contribution in [0.5, 0.6) is 11.5 Å². The number of primary amides is 1. The van der Waals surface area contributed by atoms with E-state index in [4.69, 9.17) is 10.5 Å². The quantitative estimate of drug-likeness (QED) is 0.749. The lowest BCUT2D eigenvalue weighted by atomic mass is 9.99. The number of anilines is 1. The maximum atomic E-state index is 12.2. The number of carbonyl (C=O) groups excluding carboxylic acids is 2. The number of hydrogen-bond donors (Lipinski definition) is 3. The summed E-state index contributed by atoms with van der Waals surface area (Å²) < 4.78 is 5.71. The van der Waals surface area contributed by atoms with Crippen LogP contribution in [0.15, 0.2) is 48.5 Å². The second kappa shape index (κ2) is 9.22. The van der Waals surface area contributed by atoms with E-state index < -0.39 is 5.91 Å². The molecule has 6 nitrogen and oxygen atoms in total. The van der Waals surface area contributed by atoms with Gasteiger partial charge in [-0.2, -0.15) is 0 Å². The number of ether oxygens (including phenoxy) is 1. The minimum absolute atomic E-state index is 0. The van der Waals surface area contributed by atoms with Crippen LogP contribution >= 0.6 is 12.4 Å². The molecular formula is C19H22ClN3O3.